The summed E-state index contributed by atoms with van der Waals surface area (Å²) in [5, 5.41) is 19.0. The summed E-state index contributed by atoms with van der Waals surface area (Å²) in [5.74, 6) is 0.642. The van der Waals surface area contributed by atoms with Gasteiger partial charge in [0.15, 0.2) is 0 Å². The van der Waals surface area contributed by atoms with Crippen LogP contribution in [0, 0.1) is 5.82 Å². The van der Waals surface area contributed by atoms with Gasteiger partial charge in [-0.15, -0.1) is 0 Å². The number of halogens is 1. The molecular weight excluding hydrogens is 399 g/mol. The van der Waals surface area contributed by atoms with E-state index in [1.807, 2.05) is 6.07 Å². The second-order valence-electron chi connectivity index (χ2n) is 10.1. The average Bonchev–Trinajstić information content (AvgIpc) is 3.19. The van der Waals surface area contributed by atoms with Gasteiger partial charge in [0, 0.05) is 6.04 Å². The molecule has 3 aliphatic heterocycles. The minimum absolute atomic E-state index is 0.156. The summed E-state index contributed by atoms with van der Waals surface area (Å²) < 4.78 is 20.2. The smallest absolute Gasteiger partial charge is 0.407 e. The molecule has 0 radical (unpaired) electrons. The van der Waals surface area contributed by atoms with E-state index in [-0.39, 0.29) is 17.5 Å². The highest BCUT2D eigenvalue weighted by Crippen LogP contribution is 2.42. The van der Waals surface area contributed by atoms with Gasteiger partial charge >= 0.3 is 6.09 Å². The molecule has 1 atom stereocenters. The molecule has 4 aliphatic rings. The third kappa shape index (κ3) is 4.20. The van der Waals surface area contributed by atoms with Crippen LogP contribution in [-0.4, -0.2) is 76.6 Å². The summed E-state index contributed by atoms with van der Waals surface area (Å²) in [5.41, 5.74) is 2.19. The zero-order valence-corrected chi connectivity index (χ0v) is 18.0. The van der Waals surface area contributed by atoms with Gasteiger partial charge in [-0.1, -0.05) is 6.07 Å². The van der Waals surface area contributed by atoms with E-state index in [0.717, 1.165) is 58.0 Å². The Balaban J connectivity index is 1.20. The molecule has 1 aromatic carbocycles. The molecule has 1 spiro atoms. The van der Waals surface area contributed by atoms with Gasteiger partial charge in [-0.05, 0) is 93.1 Å². The lowest BCUT2D eigenvalue weighted by atomic mass is 9.76. The lowest BCUT2D eigenvalue weighted by Crippen LogP contribution is -2.63. The van der Waals surface area contributed by atoms with Crippen LogP contribution in [0.4, 0.5) is 9.18 Å². The van der Waals surface area contributed by atoms with E-state index in [1.54, 1.807) is 12.1 Å². The second-order valence-corrected chi connectivity index (χ2v) is 10.1. The summed E-state index contributed by atoms with van der Waals surface area (Å²) in [6, 6.07) is 5.68. The molecule has 7 heteroatoms. The molecule has 1 aliphatic carbocycles. The number of nitrogens with zero attached hydrogens (tertiary/aromatic N) is 2. The number of carboxylic acid groups (broad SMARTS) is 1. The van der Waals surface area contributed by atoms with E-state index in [1.165, 1.54) is 16.0 Å². The van der Waals surface area contributed by atoms with Crippen LogP contribution >= 0.6 is 0 Å². The first-order valence-corrected chi connectivity index (χ1v) is 11.8. The largest absolute Gasteiger partial charge is 0.465 e. The molecule has 1 saturated carbocycles. The predicted octanol–water partition coefficient (Wildman–Crippen LogP) is 3.54. The van der Waals surface area contributed by atoms with Gasteiger partial charge in [0.2, 0.25) is 0 Å². The van der Waals surface area contributed by atoms with E-state index < -0.39 is 6.09 Å². The molecule has 0 aromatic heterocycles. The molecule has 5 rings (SSSR count). The Bertz CT molecular complexity index is 812. The summed E-state index contributed by atoms with van der Waals surface area (Å²) in [4.78, 5) is 15.0. The van der Waals surface area contributed by atoms with Crippen LogP contribution in [0.25, 0.3) is 0 Å². The van der Waals surface area contributed by atoms with Crippen LogP contribution in [0.15, 0.2) is 18.2 Å². The van der Waals surface area contributed by atoms with E-state index in [9.17, 15) is 14.3 Å². The van der Waals surface area contributed by atoms with Gasteiger partial charge in [0.1, 0.15) is 11.4 Å². The van der Waals surface area contributed by atoms with Crippen molar-refractivity contribution in [3.8, 4) is 0 Å². The van der Waals surface area contributed by atoms with Crippen molar-refractivity contribution in [1.29, 1.82) is 0 Å². The lowest BCUT2D eigenvalue weighted by Gasteiger charge is -2.45. The minimum Gasteiger partial charge on any atom is -0.465 e. The molecule has 3 saturated heterocycles. The van der Waals surface area contributed by atoms with Crippen molar-refractivity contribution in [3.05, 3.63) is 35.1 Å². The monoisotopic (exact) mass is 432 g/mol. The van der Waals surface area contributed by atoms with Crippen LogP contribution < -0.4 is 0 Å². The maximum absolute atomic E-state index is 14.2. The van der Waals surface area contributed by atoms with Crippen molar-refractivity contribution < 1.29 is 24.1 Å². The number of benzene rings is 1. The molecule has 6 nitrogen and oxygen atoms in total. The molecule has 31 heavy (non-hydrogen) atoms. The number of amides is 1. The number of ether oxygens (including phenoxy) is 1. The number of hydrogen-bond donors (Lipinski definition) is 2. The second kappa shape index (κ2) is 8.34. The topological polar surface area (TPSA) is 73.2 Å². The maximum atomic E-state index is 14.2. The van der Waals surface area contributed by atoms with Gasteiger partial charge in [0.05, 0.1) is 25.8 Å². The Kier molecular flexibility index (Phi) is 5.69. The Hall–Kier alpha value is -1.70. The number of aliphatic hydroxyl groups is 1. The highest BCUT2D eigenvalue weighted by Gasteiger charge is 2.52. The first-order valence-electron chi connectivity index (χ1n) is 11.8. The molecular formula is C24H33FN2O4. The summed E-state index contributed by atoms with van der Waals surface area (Å²) in [7, 11) is 0. The Labute approximate surface area is 183 Å². The predicted molar refractivity (Wildman–Crippen MR) is 114 cm³/mol. The van der Waals surface area contributed by atoms with E-state index in [4.69, 9.17) is 9.84 Å². The van der Waals surface area contributed by atoms with Crippen LogP contribution in [-0.2, 0) is 4.74 Å². The summed E-state index contributed by atoms with van der Waals surface area (Å²) in [6.45, 7) is 3.58. The Morgan fingerprint density at radius 3 is 2.39 bits per heavy atom. The Morgan fingerprint density at radius 2 is 1.71 bits per heavy atom. The van der Waals surface area contributed by atoms with Gasteiger partial charge in [0.25, 0.3) is 0 Å². The molecule has 1 unspecified atom stereocenters. The highest BCUT2D eigenvalue weighted by molar-refractivity contribution is 5.66. The molecule has 1 amide bonds. The number of piperidine rings is 1. The lowest BCUT2D eigenvalue weighted by molar-refractivity contribution is -0.0982. The van der Waals surface area contributed by atoms with Crippen LogP contribution in [0.3, 0.4) is 0 Å². The number of hydrogen-bond acceptors (Lipinski definition) is 4. The maximum Gasteiger partial charge on any atom is 0.407 e. The van der Waals surface area contributed by atoms with E-state index in [0.29, 0.717) is 37.6 Å². The fourth-order valence-corrected chi connectivity index (χ4v) is 6.29. The first-order chi connectivity index (χ1) is 14.9. The third-order valence-electron chi connectivity index (χ3n) is 8.09. The van der Waals surface area contributed by atoms with Crippen molar-refractivity contribution in [2.45, 2.75) is 74.5 Å². The van der Waals surface area contributed by atoms with Gasteiger partial charge in [-0.3, -0.25) is 4.90 Å². The zero-order valence-electron chi connectivity index (χ0n) is 18.0. The summed E-state index contributed by atoms with van der Waals surface area (Å²) in [6.07, 6.45) is 5.51. The highest BCUT2D eigenvalue weighted by atomic mass is 19.1. The molecule has 4 fully saturated rings. The van der Waals surface area contributed by atoms with Crippen LogP contribution in [0.1, 0.15) is 67.9 Å². The molecule has 3 heterocycles. The standard InChI is InChI=1S/C24H33FN2O4/c25-18-3-6-21(16-1-4-20(28)5-2-16)22(11-18)17-7-9-26(10-8-17)19-12-24(31-13-19)14-27(15-24)23(29)30/h3,6,11,16-17,19-20,28H,1-2,4-5,7-10,12-15H2,(H,29,30). The van der Waals surface area contributed by atoms with Gasteiger partial charge < -0.3 is 19.8 Å². The number of likely N-dealkylation sites (tertiary alicyclic amines) is 2. The number of rotatable bonds is 3. The van der Waals surface area contributed by atoms with Crippen molar-refractivity contribution in [1.82, 2.24) is 9.80 Å². The average molecular weight is 433 g/mol. The number of carbonyl (C=O) groups is 1. The molecule has 0 bridgehead atoms. The molecule has 2 N–H and O–H groups in total. The minimum atomic E-state index is -0.864. The van der Waals surface area contributed by atoms with Crippen molar-refractivity contribution in [2.75, 3.05) is 32.8 Å². The third-order valence-corrected chi connectivity index (χ3v) is 8.09. The normalized spacial score (nSPS) is 31.7. The zero-order chi connectivity index (χ0) is 21.6. The van der Waals surface area contributed by atoms with Crippen LogP contribution in [0.2, 0.25) is 0 Å². The number of aliphatic hydroxyl groups excluding tert-OH is 1. The molecule has 170 valence electrons. The van der Waals surface area contributed by atoms with Crippen molar-refractivity contribution in [3.63, 3.8) is 0 Å². The first kappa shape index (κ1) is 21.2. The van der Waals surface area contributed by atoms with Crippen molar-refractivity contribution >= 4 is 6.09 Å². The SMILES string of the molecule is O=C(O)N1CC2(CC(N3CCC(c4cc(F)ccc4C4CCC(O)CC4)CC3)CO2)C1. The van der Waals surface area contributed by atoms with Crippen LogP contribution in [0.5, 0.6) is 0 Å². The summed E-state index contributed by atoms with van der Waals surface area (Å²) >= 11 is 0. The van der Waals surface area contributed by atoms with Gasteiger partial charge in [-0.25, -0.2) is 9.18 Å². The van der Waals surface area contributed by atoms with Crippen molar-refractivity contribution in [2.24, 2.45) is 0 Å². The molecule has 1 aromatic rings. The van der Waals surface area contributed by atoms with E-state index >= 15 is 0 Å². The fraction of sp³-hybridized carbons (Fsp3) is 0.708. The Morgan fingerprint density at radius 1 is 1.03 bits per heavy atom. The quantitative estimate of drug-likeness (QED) is 0.764. The van der Waals surface area contributed by atoms with Gasteiger partial charge in [-0.2, -0.15) is 0 Å². The van der Waals surface area contributed by atoms with E-state index in [2.05, 4.69) is 4.90 Å². The fourth-order valence-electron chi connectivity index (χ4n) is 6.29.